The van der Waals surface area contributed by atoms with Crippen LogP contribution in [-0.2, 0) is 4.57 Å². The van der Waals surface area contributed by atoms with E-state index in [1.165, 1.54) is 5.56 Å². The molecule has 0 radical (unpaired) electrons. The molecule has 29 heavy (non-hydrogen) atoms. The van der Waals surface area contributed by atoms with Gasteiger partial charge in [-0.25, -0.2) is 0 Å². The van der Waals surface area contributed by atoms with Gasteiger partial charge in [-0.05, 0) is 53.3 Å². The molecule has 0 saturated carbocycles. The van der Waals surface area contributed by atoms with Gasteiger partial charge in [-0.2, -0.15) is 4.57 Å². The van der Waals surface area contributed by atoms with E-state index in [4.69, 9.17) is 13.6 Å². The highest BCUT2D eigenvalue weighted by Crippen LogP contribution is 2.51. The summed E-state index contributed by atoms with van der Waals surface area (Å²) in [5.41, 5.74) is 2.16. The molecule has 0 N–H and O–H groups in total. The quantitative estimate of drug-likeness (QED) is 0.359. The minimum absolute atomic E-state index is 0.186. The second-order valence-corrected chi connectivity index (χ2v) is 8.90. The number of phosphoric acid groups is 1. The number of para-hydroxylation sites is 2. The van der Waals surface area contributed by atoms with Crippen LogP contribution in [0.5, 0.6) is 17.2 Å². The maximum atomic E-state index is 13.6. The van der Waals surface area contributed by atoms with Gasteiger partial charge in [0.05, 0.1) is 0 Å². The average Bonchev–Trinajstić information content (AvgIpc) is 2.69. The Morgan fingerprint density at radius 1 is 0.655 bits per heavy atom. The van der Waals surface area contributed by atoms with Crippen LogP contribution < -0.4 is 13.6 Å². The fourth-order valence-corrected chi connectivity index (χ4v) is 4.14. The van der Waals surface area contributed by atoms with Crippen molar-refractivity contribution in [2.45, 2.75) is 39.5 Å². The number of rotatable bonds is 8. The first-order valence-electron chi connectivity index (χ1n) is 9.79. The molecule has 0 spiro atoms. The fourth-order valence-electron chi connectivity index (χ4n) is 2.86. The summed E-state index contributed by atoms with van der Waals surface area (Å²) >= 11 is 0. The molecule has 0 fully saturated rings. The van der Waals surface area contributed by atoms with E-state index in [-0.39, 0.29) is 5.92 Å². The van der Waals surface area contributed by atoms with E-state index in [0.29, 0.717) is 23.2 Å². The normalized spacial score (nSPS) is 11.5. The van der Waals surface area contributed by atoms with Crippen molar-refractivity contribution in [3.05, 3.63) is 90.0 Å². The van der Waals surface area contributed by atoms with Crippen molar-refractivity contribution in [3.8, 4) is 17.2 Å². The third kappa shape index (κ3) is 5.65. The SMILES string of the molecule is CC(C)c1ccc(OP(=O)(Oc2ccccc2)Oc2ccccc2)c(C(C)C)c1. The Balaban J connectivity index is 1.97. The molecule has 0 aromatic heterocycles. The molecule has 0 aliphatic rings. The van der Waals surface area contributed by atoms with E-state index in [0.717, 1.165) is 5.56 Å². The van der Waals surface area contributed by atoms with E-state index in [9.17, 15) is 4.57 Å². The molecule has 0 atom stereocenters. The van der Waals surface area contributed by atoms with Crippen molar-refractivity contribution in [1.29, 1.82) is 0 Å². The molecular weight excluding hydrogens is 383 g/mol. The third-order valence-corrected chi connectivity index (χ3v) is 5.74. The molecule has 3 rings (SSSR count). The Labute approximate surface area is 173 Å². The van der Waals surface area contributed by atoms with Gasteiger partial charge in [-0.3, -0.25) is 0 Å². The molecule has 5 heteroatoms. The topological polar surface area (TPSA) is 44.8 Å². The second kappa shape index (κ2) is 9.19. The molecule has 0 saturated heterocycles. The van der Waals surface area contributed by atoms with E-state index in [1.807, 2.05) is 24.3 Å². The molecule has 0 bridgehead atoms. The Hall–Kier alpha value is -2.71. The number of hydrogen-bond acceptors (Lipinski definition) is 4. The summed E-state index contributed by atoms with van der Waals surface area (Å²) in [6.45, 7) is 8.43. The van der Waals surface area contributed by atoms with Crippen LogP contribution in [0, 0.1) is 0 Å². The zero-order chi connectivity index (χ0) is 20.9. The molecule has 0 aliphatic carbocycles. The molecule has 0 amide bonds. The van der Waals surface area contributed by atoms with Crippen LogP contribution in [0.25, 0.3) is 0 Å². The fraction of sp³-hybridized carbons (Fsp3) is 0.250. The van der Waals surface area contributed by atoms with Crippen molar-refractivity contribution in [2.75, 3.05) is 0 Å². The van der Waals surface area contributed by atoms with Crippen molar-refractivity contribution in [2.24, 2.45) is 0 Å². The first kappa shape index (κ1) is 21.0. The highest BCUT2D eigenvalue weighted by atomic mass is 31.2. The summed E-state index contributed by atoms with van der Waals surface area (Å²) < 4.78 is 31.1. The van der Waals surface area contributed by atoms with Crippen LogP contribution in [-0.4, -0.2) is 0 Å². The minimum Gasteiger partial charge on any atom is -0.386 e. The molecule has 3 aromatic rings. The molecule has 152 valence electrons. The highest BCUT2D eigenvalue weighted by Gasteiger charge is 2.34. The number of hydrogen-bond donors (Lipinski definition) is 0. The van der Waals surface area contributed by atoms with Gasteiger partial charge in [0.15, 0.2) is 0 Å². The first-order valence-corrected chi connectivity index (χ1v) is 11.2. The molecule has 3 aromatic carbocycles. The lowest BCUT2D eigenvalue weighted by Gasteiger charge is -2.22. The summed E-state index contributed by atoms with van der Waals surface area (Å²) in [5, 5.41) is 0. The van der Waals surface area contributed by atoms with Crippen LogP contribution in [0.3, 0.4) is 0 Å². The number of benzene rings is 3. The van der Waals surface area contributed by atoms with Crippen molar-refractivity contribution in [1.82, 2.24) is 0 Å². The number of phosphoric ester groups is 1. The van der Waals surface area contributed by atoms with Gasteiger partial charge < -0.3 is 13.6 Å². The van der Waals surface area contributed by atoms with Gasteiger partial charge in [0, 0.05) is 0 Å². The van der Waals surface area contributed by atoms with Gasteiger partial charge in [-0.1, -0.05) is 76.2 Å². The monoisotopic (exact) mass is 410 g/mol. The van der Waals surface area contributed by atoms with Crippen LogP contribution in [0.1, 0.15) is 50.7 Å². The zero-order valence-electron chi connectivity index (χ0n) is 17.2. The van der Waals surface area contributed by atoms with E-state index in [1.54, 1.807) is 48.5 Å². The Bertz CT molecular complexity index is 923. The molecule has 0 unspecified atom stereocenters. The summed E-state index contributed by atoms with van der Waals surface area (Å²) in [4.78, 5) is 0. The van der Waals surface area contributed by atoms with Gasteiger partial charge in [0.2, 0.25) is 0 Å². The minimum atomic E-state index is -3.99. The lowest BCUT2D eigenvalue weighted by molar-refractivity contribution is 0.297. The molecule has 0 aliphatic heterocycles. The molecular formula is C24H27O4P. The van der Waals surface area contributed by atoms with Crippen LogP contribution in [0.4, 0.5) is 0 Å². The first-order chi connectivity index (χ1) is 13.9. The van der Waals surface area contributed by atoms with Gasteiger partial charge in [0.1, 0.15) is 17.2 Å². The van der Waals surface area contributed by atoms with Gasteiger partial charge in [-0.15, -0.1) is 0 Å². The Kier molecular flexibility index (Phi) is 6.66. The third-order valence-electron chi connectivity index (χ3n) is 4.45. The summed E-state index contributed by atoms with van der Waals surface area (Å²) in [6, 6.07) is 23.7. The van der Waals surface area contributed by atoms with Crippen LogP contribution in [0.2, 0.25) is 0 Å². The van der Waals surface area contributed by atoms with Gasteiger partial charge >= 0.3 is 7.82 Å². The van der Waals surface area contributed by atoms with Crippen LogP contribution in [0.15, 0.2) is 78.9 Å². The van der Waals surface area contributed by atoms with Crippen LogP contribution >= 0.6 is 7.82 Å². The maximum absolute atomic E-state index is 13.6. The van der Waals surface area contributed by atoms with E-state index in [2.05, 4.69) is 33.8 Å². The molecule has 4 nitrogen and oxygen atoms in total. The summed E-state index contributed by atoms with van der Waals surface area (Å²) in [5.74, 6) is 1.90. The standard InChI is InChI=1S/C24H27O4P/c1-18(2)20-15-16-24(23(17-20)19(3)4)28-29(25,26-21-11-7-5-8-12-21)27-22-13-9-6-10-14-22/h5-19H,1-4H3. The lowest BCUT2D eigenvalue weighted by atomic mass is 9.95. The van der Waals surface area contributed by atoms with Crippen molar-refractivity contribution in [3.63, 3.8) is 0 Å². The lowest BCUT2D eigenvalue weighted by Crippen LogP contribution is -2.09. The van der Waals surface area contributed by atoms with Crippen molar-refractivity contribution >= 4 is 7.82 Å². The second-order valence-electron chi connectivity index (χ2n) is 7.45. The smallest absolute Gasteiger partial charge is 0.386 e. The Morgan fingerprint density at radius 2 is 1.17 bits per heavy atom. The summed E-state index contributed by atoms with van der Waals surface area (Å²) in [6.07, 6.45) is 0. The summed E-state index contributed by atoms with van der Waals surface area (Å²) in [7, 11) is -3.99. The zero-order valence-corrected chi connectivity index (χ0v) is 18.1. The van der Waals surface area contributed by atoms with Crippen molar-refractivity contribution < 1.29 is 18.1 Å². The average molecular weight is 410 g/mol. The molecule has 0 heterocycles. The predicted octanol–water partition coefficient (Wildman–Crippen LogP) is 7.58. The highest BCUT2D eigenvalue weighted by molar-refractivity contribution is 7.49. The van der Waals surface area contributed by atoms with E-state index < -0.39 is 7.82 Å². The largest absolute Gasteiger partial charge is 0.647 e. The predicted molar refractivity (Wildman–Crippen MR) is 117 cm³/mol. The Morgan fingerprint density at radius 3 is 1.62 bits per heavy atom. The van der Waals surface area contributed by atoms with Gasteiger partial charge in [0.25, 0.3) is 0 Å². The maximum Gasteiger partial charge on any atom is 0.647 e. The van der Waals surface area contributed by atoms with E-state index >= 15 is 0 Å².